The van der Waals surface area contributed by atoms with E-state index in [1.165, 1.54) is 0 Å². The number of esters is 1. The minimum Gasteiger partial charge on any atom is -0.428 e. The number of aliphatic hydroxyl groups is 4. The highest BCUT2D eigenvalue weighted by Gasteiger charge is 2.31. The summed E-state index contributed by atoms with van der Waals surface area (Å²) in [4.78, 5) is 32.5. The Balaban J connectivity index is 4.31. The number of ketones is 2. The minimum absolute atomic E-state index is 0.523. The molecule has 3 atom stereocenters. The maximum Gasteiger partial charge on any atom is 0.315 e. The Labute approximate surface area is 96.4 Å². The van der Waals surface area contributed by atoms with Gasteiger partial charge in [-0.05, 0) is 6.92 Å². The van der Waals surface area contributed by atoms with Gasteiger partial charge in [0, 0.05) is 0 Å². The third-order valence-electron chi connectivity index (χ3n) is 1.72. The van der Waals surface area contributed by atoms with Crippen molar-refractivity contribution in [3.63, 3.8) is 0 Å². The maximum atomic E-state index is 11.1. The van der Waals surface area contributed by atoms with Gasteiger partial charge in [-0.2, -0.15) is 0 Å². The molecule has 0 fully saturated rings. The van der Waals surface area contributed by atoms with Crippen LogP contribution < -0.4 is 0 Å². The lowest BCUT2D eigenvalue weighted by atomic mass is 10.1. The first-order chi connectivity index (χ1) is 7.79. The van der Waals surface area contributed by atoms with Gasteiger partial charge in [-0.1, -0.05) is 0 Å². The number of Topliss-reactive ketones (excluding diaryl/α,β-unsaturated/α-hetero) is 2. The molecule has 0 aromatic carbocycles. The van der Waals surface area contributed by atoms with E-state index in [-0.39, 0.29) is 0 Å². The Kier molecular flexibility index (Phi) is 6.51. The molecule has 4 N–H and O–H groups in total. The highest BCUT2D eigenvalue weighted by atomic mass is 16.6. The molecule has 0 rings (SSSR count). The molecule has 0 bridgehead atoms. The van der Waals surface area contributed by atoms with Crippen LogP contribution in [0, 0.1) is 0 Å². The van der Waals surface area contributed by atoms with Gasteiger partial charge < -0.3 is 25.2 Å². The van der Waals surface area contributed by atoms with Gasteiger partial charge in [-0.15, -0.1) is 0 Å². The maximum absolute atomic E-state index is 11.1. The summed E-state index contributed by atoms with van der Waals surface area (Å²) >= 11 is 0. The van der Waals surface area contributed by atoms with Gasteiger partial charge in [0.15, 0.2) is 0 Å². The number of hydrogen-bond acceptors (Lipinski definition) is 8. The molecule has 0 radical (unpaired) electrons. The van der Waals surface area contributed by atoms with Gasteiger partial charge in [-0.25, -0.2) is 0 Å². The van der Waals surface area contributed by atoms with Crippen LogP contribution in [0.1, 0.15) is 13.3 Å². The normalized spacial score (nSPS) is 15.8. The first-order valence-electron chi connectivity index (χ1n) is 4.67. The quantitative estimate of drug-likeness (QED) is 0.214. The van der Waals surface area contributed by atoms with Crippen LogP contribution in [0.15, 0.2) is 0 Å². The highest BCUT2D eigenvalue weighted by molar-refractivity contribution is 5.95. The van der Waals surface area contributed by atoms with Gasteiger partial charge in [0.1, 0.15) is 24.4 Å². The summed E-state index contributed by atoms with van der Waals surface area (Å²) in [6, 6.07) is 0. The van der Waals surface area contributed by atoms with Crippen molar-refractivity contribution in [1.82, 2.24) is 0 Å². The molecule has 0 spiro atoms. The highest BCUT2D eigenvalue weighted by Crippen LogP contribution is 2.02. The fraction of sp³-hybridized carbons (Fsp3) is 0.667. The van der Waals surface area contributed by atoms with Gasteiger partial charge in [-0.3, -0.25) is 14.4 Å². The molecule has 17 heavy (non-hydrogen) atoms. The van der Waals surface area contributed by atoms with Crippen molar-refractivity contribution in [1.29, 1.82) is 0 Å². The van der Waals surface area contributed by atoms with Gasteiger partial charge >= 0.3 is 5.97 Å². The molecule has 0 aliphatic heterocycles. The largest absolute Gasteiger partial charge is 0.428 e. The minimum atomic E-state index is -2.29. The van der Waals surface area contributed by atoms with E-state index in [1.807, 2.05) is 0 Å². The van der Waals surface area contributed by atoms with Crippen LogP contribution in [0.4, 0.5) is 0 Å². The van der Waals surface area contributed by atoms with Gasteiger partial charge in [0.05, 0.1) is 6.61 Å². The second-order valence-electron chi connectivity index (χ2n) is 3.32. The summed E-state index contributed by atoms with van der Waals surface area (Å²) in [6.07, 6.45) is -6.79. The topological polar surface area (TPSA) is 141 Å². The third-order valence-corrected chi connectivity index (χ3v) is 1.72. The standard InChI is InChI=1S/C9H14O8/c1-4(11)2-6(13)17-9(16)8(15)7(14)5(12)3-10/h5,7,9-10,12,14,16H,2-3H2,1H3/t5-,7+,9?/m1/s1. The Morgan fingerprint density at radius 2 is 1.71 bits per heavy atom. The van der Waals surface area contributed by atoms with Gasteiger partial charge in [0.25, 0.3) is 6.29 Å². The lowest BCUT2D eigenvalue weighted by molar-refractivity contribution is -0.182. The molecule has 0 aromatic heterocycles. The molecule has 0 saturated heterocycles. The molecular formula is C9H14O8. The molecule has 0 aliphatic carbocycles. The fourth-order valence-electron chi connectivity index (χ4n) is 0.863. The zero-order chi connectivity index (χ0) is 13.6. The number of carbonyl (C=O) groups excluding carboxylic acids is 3. The first kappa shape index (κ1) is 15.7. The van der Waals surface area contributed by atoms with E-state index in [9.17, 15) is 14.4 Å². The second kappa shape index (κ2) is 7.07. The number of ether oxygens (including phenoxy) is 1. The van der Waals surface area contributed by atoms with Crippen LogP contribution in [0.5, 0.6) is 0 Å². The van der Waals surface area contributed by atoms with E-state index in [0.29, 0.717) is 0 Å². The van der Waals surface area contributed by atoms with E-state index in [4.69, 9.17) is 20.4 Å². The van der Waals surface area contributed by atoms with Crippen molar-refractivity contribution in [3.05, 3.63) is 0 Å². The monoisotopic (exact) mass is 250 g/mol. The molecule has 0 aliphatic rings. The van der Waals surface area contributed by atoms with E-state index in [1.54, 1.807) is 0 Å². The molecule has 8 heteroatoms. The molecule has 8 nitrogen and oxygen atoms in total. The van der Waals surface area contributed by atoms with Crippen LogP contribution in [0.3, 0.4) is 0 Å². The summed E-state index contributed by atoms with van der Waals surface area (Å²) in [5.41, 5.74) is 0. The van der Waals surface area contributed by atoms with Crippen molar-refractivity contribution in [2.45, 2.75) is 31.8 Å². The van der Waals surface area contributed by atoms with Crippen molar-refractivity contribution < 1.29 is 39.5 Å². The second-order valence-corrected chi connectivity index (χ2v) is 3.32. The summed E-state index contributed by atoms with van der Waals surface area (Å²) in [5.74, 6) is -3.04. The number of hydrogen-bond donors (Lipinski definition) is 4. The smallest absolute Gasteiger partial charge is 0.315 e. The van der Waals surface area contributed by atoms with E-state index in [2.05, 4.69) is 4.74 Å². The number of rotatable bonds is 7. The Morgan fingerprint density at radius 1 is 1.18 bits per heavy atom. The average Bonchev–Trinajstić information content (AvgIpc) is 2.24. The molecule has 0 heterocycles. The van der Waals surface area contributed by atoms with Gasteiger partial charge in [0.2, 0.25) is 5.78 Å². The third kappa shape index (κ3) is 5.50. The van der Waals surface area contributed by atoms with Crippen LogP contribution in [-0.4, -0.2) is 63.1 Å². The molecule has 98 valence electrons. The Morgan fingerprint density at radius 3 is 2.12 bits per heavy atom. The van der Waals surface area contributed by atoms with Crippen LogP contribution in [0.25, 0.3) is 0 Å². The van der Waals surface area contributed by atoms with E-state index < -0.39 is 49.1 Å². The first-order valence-corrected chi connectivity index (χ1v) is 4.67. The predicted octanol–water partition coefficient (Wildman–Crippen LogP) is -2.89. The summed E-state index contributed by atoms with van der Waals surface area (Å²) in [7, 11) is 0. The zero-order valence-electron chi connectivity index (χ0n) is 9.07. The van der Waals surface area contributed by atoms with E-state index >= 15 is 0 Å². The number of carbonyl (C=O) groups is 3. The lowest BCUT2D eigenvalue weighted by Gasteiger charge is -2.17. The van der Waals surface area contributed by atoms with Crippen LogP contribution in [0.2, 0.25) is 0 Å². The van der Waals surface area contributed by atoms with Crippen LogP contribution >= 0.6 is 0 Å². The summed E-state index contributed by atoms with van der Waals surface area (Å²) < 4.78 is 4.13. The molecule has 1 unspecified atom stereocenters. The predicted molar refractivity (Wildman–Crippen MR) is 51.5 cm³/mol. The van der Waals surface area contributed by atoms with E-state index in [0.717, 1.165) is 6.92 Å². The summed E-state index contributed by atoms with van der Waals surface area (Å²) in [5, 5.41) is 35.5. The number of aliphatic hydroxyl groups excluding tert-OH is 4. The van der Waals surface area contributed by atoms with Crippen molar-refractivity contribution >= 4 is 17.5 Å². The van der Waals surface area contributed by atoms with Crippen molar-refractivity contribution in [2.75, 3.05) is 6.61 Å². The lowest BCUT2D eigenvalue weighted by Crippen LogP contribution is -2.43. The molecule has 0 saturated carbocycles. The average molecular weight is 250 g/mol. The van der Waals surface area contributed by atoms with Crippen molar-refractivity contribution in [3.8, 4) is 0 Å². The Hall–Kier alpha value is -1.35. The molecule has 0 amide bonds. The Bertz CT molecular complexity index is 299. The summed E-state index contributed by atoms with van der Waals surface area (Å²) in [6.45, 7) is 0.209. The van der Waals surface area contributed by atoms with Crippen molar-refractivity contribution in [2.24, 2.45) is 0 Å². The molecular weight excluding hydrogens is 236 g/mol. The molecule has 0 aromatic rings. The fourth-order valence-corrected chi connectivity index (χ4v) is 0.863. The van der Waals surface area contributed by atoms with Crippen LogP contribution in [-0.2, 0) is 19.1 Å². The SMILES string of the molecule is CC(=O)CC(=O)OC(O)C(=O)[C@@H](O)[C@H](O)CO. The zero-order valence-corrected chi connectivity index (χ0v) is 9.07.